The Bertz CT molecular complexity index is 1020. The fourth-order valence-corrected chi connectivity index (χ4v) is 3.48. The zero-order valence-electron chi connectivity index (χ0n) is 14.6. The Kier molecular flexibility index (Phi) is 4.58. The number of hydrogen-bond acceptors (Lipinski definition) is 5. The van der Waals surface area contributed by atoms with Gasteiger partial charge in [-0.3, -0.25) is 0 Å². The van der Waals surface area contributed by atoms with Crippen molar-refractivity contribution >= 4 is 11.8 Å². The molecule has 0 aliphatic rings. The number of nitrogens with zero attached hydrogens (tertiary/aromatic N) is 4. The Morgan fingerprint density at radius 2 is 1.81 bits per heavy atom. The van der Waals surface area contributed by atoms with Crippen molar-refractivity contribution in [1.82, 2.24) is 19.7 Å². The lowest BCUT2D eigenvalue weighted by Gasteiger charge is -2.04. The van der Waals surface area contributed by atoms with Gasteiger partial charge in [0, 0.05) is 18.2 Å². The van der Waals surface area contributed by atoms with Gasteiger partial charge in [0.05, 0.1) is 11.9 Å². The molecule has 0 radical (unpaired) electrons. The fraction of sp³-hybridized carbons (Fsp3) is 0.150. The summed E-state index contributed by atoms with van der Waals surface area (Å²) in [7, 11) is 1.98. The largest absolute Gasteiger partial charge is 0.440 e. The monoisotopic (exact) mass is 362 g/mol. The molecule has 0 fully saturated rings. The van der Waals surface area contributed by atoms with Crippen molar-refractivity contribution in [3.05, 3.63) is 72.2 Å². The first-order chi connectivity index (χ1) is 12.7. The van der Waals surface area contributed by atoms with E-state index < -0.39 is 0 Å². The molecule has 0 unspecified atom stereocenters. The van der Waals surface area contributed by atoms with Crippen LogP contribution in [-0.4, -0.2) is 19.7 Å². The molecule has 0 aliphatic carbocycles. The third-order valence-corrected chi connectivity index (χ3v) is 5.05. The molecule has 6 heteroatoms. The van der Waals surface area contributed by atoms with Gasteiger partial charge < -0.3 is 8.98 Å². The summed E-state index contributed by atoms with van der Waals surface area (Å²) in [5.74, 6) is 2.91. The van der Waals surface area contributed by atoms with Gasteiger partial charge in [-0.1, -0.05) is 65.9 Å². The molecule has 2 aromatic carbocycles. The maximum Gasteiger partial charge on any atom is 0.205 e. The number of benzene rings is 2. The molecule has 0 bridgehead atoms. The van der Waals surface area contributed by atoms with Gasteiger partial charge in [0.1, 0.15) is 0 Å². The molecule has 2 heterocycles. The first-order valence-electron chi connectivity index (χ1n) is 8.30. The molecule has 4 aromatic rings. The molecule has 26 heavy (non-hydrogen) atoms. The predicted molar refractivity (Wildman–Crippen MR) is 103 cm³/mol. The minimum Gasteiger partial charge on any atom is -0.440 e. The second-order valence-electron chi connectivity index (χ2n) is 6.01. The second kappa shape index (κ2) is 7.17. The van der Waals surface area contributed by atoms with Crippen LogP contribution in [0.15, 0.2) is 70.4 Å². The number of rotatable bonds is 5. The zero-order valence-corrected chi connectivity index (χ0v) is 15.4. The summed E-state index contributed by atoms with van der Waals surface area (Å²) in [6.45, 7) is 2.07. The van der Waals surface area contributed by atoms with Gasteiger partial charge in [0.15, 0.2) is 16.7 Å². The highest BCUT2D eigenvalue weighted by atomic mass is 32.2. The normalized spacial score (nSPS) is 11.0. The average molecular weight is 362 g/mol. The molecule has 0 saturated carbocycles. The molecule has 0 aliphatic heterocycles. The van der Waals surface area contributed by atoms with Crippen LogP contribution in [0.4, 0.5) is 0 Å². The number of thioether (sulfide) groups is 1. The van der Waals surface area contributed by atoms with E-state index in [4.69, 9.17) is 4.42 Å². The van der Waals surface area contributed by atoms with E-state index in [1.807, 2.05) is 54.1 Å². The van der Waals surface area contributed by atoms with Gasteiger partial charge in [-0.05, 0) is 13.0 Å². The summed E-state index contributed by atoms with van der Waals surface area (Å²) in [6, 6.07) is 18.2. The third-order valence-electron chi connectivity index (χ3n) is 4.05. The van der Waals surface area contributed by atoms with Crippen LogP contribution in [-0.2, 0) is 12.8 Å². The van der Waals surface area contributed by atoms with E-state index in [0.717, 1.165) is 27.9 Å². The minimum atomic E-state index is 0.604. The van der Waals surface area contributed by atoms with Crippen molar-refractivity contribution in [3.63, 3.8) is 0 Å². The van der Waals surface area contributed by atoms with E-state index in [9.17, 15) is 0 Å². The summed E-state index contributed by atoms with van der Waals surface area (Å²) < 4.78 is 7.85. The van der Waals surface area contributed by atoms with Gasteiger partial charge in [0.2, 0.25) is 5.89 Å². The van der Waals surface area contributed by atoms with Crippen molar-refractivity contribution in [2.45, 2.75) is 17.8 Å². The van der Waals surface area contributed by atoms with Gasteiger partial charge in [-0.25, -0.2) is 4.98 Å². The van der Waals surface area contributed by atoms with Crippen LogP contribution in [0.3, 0.4) is 0 Å². The summed E-state index contributed by atoms with van der Waals surface area (Å²) >= 11 is 1.56. The Balaban J connectivity index is 1.48. The van der Waals surface area contributed by atoms with Gasteiger partial charge in [-0.2, -0.15) is 0 Å². The van der Waals surface area contributed by atoms with E-state index in [0.29, 0.717) is 11.6 Å². The Morgan fingerprint density at radius 3 is 2.62 bits per heavy atom. The van der Waals surface area contributed by atoms with Crippen molar-refractivity contribution in [3.8, 4) is 22.7 Å². The molecular weight excluding hydrogens is 344 g/mol. The number of hydrogen-bond donors (Lipinski definition) is 0. The topological polar surface area (TPSA) is 56.7 Å². The SMILES string of the molecule is Cc1cccc(-c2nnc(SCc3ncc(-c4ccccc4)o3)n2C)c1. The fourth-order valence-electron chi connectivity index (χ4n) is 2.72. The lowest BCUT2D eigenvalue weighted by atomic mass is 10.1. The van der Waals surface area contributed by atoms with Crippen LogP contribution in [0.25, 0.3) is 22.7 Å². The predicted octanol–water partition coefficient (Wildman–Crippen LogP) is 4.74. The van der Waals surface area contributed by atoms with Gasteiger partial charge in [0.25, 0.3) is 0 Å². The summed E-state index contributed by atoms with van der Waals surface area (Å²) in [5.41, 5.74) is 3.29. The molecule has 0 saturated heterocycles. The molecular formula is C20H18N4OS. The third kappa shape index (κ3) is 3.41. The van der Waals surface area contributed by atoms with E-state index in [2.05, 4.69) is 34.2 Å². The highest BCUT2D eigenvalue weighted by molar-refractivity contribution is 7.98. The lowest BCUT2D eigenvalue weighted by molar-refractivity contribution is 0.529. The lowest BCUT2D eigenvalue weighted by Crippen LogP contribution is -1.95. The van der Waals surface area contributed by atoms with Crippen molar-refractivity contribution in [2.24, 2.45) is 7.05 Å². The Labute approximate surface area is 156 Å². The van der Waals surface area contributed by atoms with Gasteiger partial charge in [-0.15, -0.1) is 10.2 Å². The number of aryl methyl sites for hydroxylation is 1. The highest BCUT2D eigenvalue weighted by Gasteiger charge is 2.13. The van der Waals surface area contributed by atoms with Crippen LogP contribution in [0, 0.1) is 6.92 Å². The van der Waals surface area contributed by atoms with Crippen LogP contribution in [0.1, 0.15) is 11.5 Å². The summed E-state index contributed by atoms with van der Waals surface area (Å²) in [6.07, 6.45) is 1.76. The quantitative estimate of drug-likeness (QED) is 0.480. The van der Waals surface area contributed by atoms with Crippen LogP contribution in [0.5, 0.6) is 0 Å². The van der Waals surface area contributed by atoms with E-state index >= 15 is 0 Å². The van der Waals surface area contributed by atoms with E-state index in [-0.39, 0.29) is 0 Å². The molecule has 0 atom stereocenters. The molecule has 0 N–H and O–H groups in total. The van der Waals surface area contributed by atoms with Crippen molar-refractivity contribution in [1.29, 1.82) is 0 Å². The molecule has 2 aromatic heterocycles. The van der Waals surface area contributed by atoms with Crippen molar-refractivity contribution in [2.75, 3.05) is 0 Å². The zero-order chi connectivity index (χ0) is 17.9. The van der Waals surface area contributed by atoms with Crippen LogP contribution < -0.4 is 0 Å². The maximum atomic E-state index is 5.85. The first kappa shape index (κ1) is 16.6. The van der Waals surface area contributed by atoms with E-state index in [1.54, 1.807) is 18.0 Å². The average Bonchev–Trinajstić information content (AvgIpc) is 3.28. The molecule has 0 spiro atoms. The molecule has 130 valence electrons. The van der Waals surface area contributed by atoms with Crippen molar-refractivity contribution < 1.29 is 4.42 Å². The number of oxazole rings is 1. The number of aromatic nitrogens is 4. The Morgan fingerprint density at radius 1 is 1.00 bits per heavy atom. The molecule has 4 rings (SSSR count). The second-order valence-corrected chi connectivity index (χ2v) is 6.95. The highest BCUT2D eigenvalue weighted by Crippen LogP contribution is 2.27. The van der Waals surface area contributed by atoms with Crippen LogP contribution >= 0.6 is 11.8 Å². The summed E-state index contributed by atoms with van der Waals surface area (Å²) in [4.78, 5) is 4.37. The van der Waals surface area contributed by atoms with Gasteiger partial charge >= 0.3 is 0 Å². The standard InChI is InChI=1S/C20H18N4OS/c1-14-7-6-10-16(11-14)19-22-23-20(24(19)2)26-13-18-21-12-17(25-18)15-8-4-3-5-9-15/h3-12H,13H2,1-2H3. The first-order valence-corrected chi connectivity index (χ1v) is 9.28. The molecule has 0 amide bonds. The smallest absolute Gasteiger partial charge is 0.205 e. The minimum absolute atomic E-state index is 0.604. The molecule has 5 nitrogen and oxygen atoms in total. The Hall–Kier alpha value is -2.86. The summed E-state index contributed by atoms with van der Waals surface area (Å²) in [5, 5.41) is 9.48. The van der Waals surface area contributed by atoms with Crippen LogP contribution in [0.2, 0.25) is 0 Å². The van der Waals surface area contributed by atoms with E-state index in [1.165, 1.54) is 5.56 Å². The maximum absolute atomic E-state index is 5.85.